The highest BCUT2D eigenvalue weighted by Crippen LogP contribution is 2.22. The Labute approximate surface area is 131 Å². The third-order valence-corrected chi connectivity index (χ3v) is 6.05. The molecule has 1 fully saturated rings. The standard InChI is InChI=1S/C14H21N3O2S2/c1-11-4-5-12(14(15)20)10-13(11)21(18,19)17-7-3-6-16(2)8-9-17/h4-5,10H,3,6-9H2,1-2H3,(H2,15,20). The van der Waals surface area contributed by atoms with Gasteiger partial charge in [0.15, 0.2) is 0 Å². The predicted molar refractivity (Wildman–Crippen MR) is 87.9 cm³/mol. The quantitative estimate of drug-likeness (QED) is 0.838. The maximum Gasteiger partial charge on any atom is 0.243 e. The largest absolute Gasteiger partial charge is 0.389 e. The molecule has 1 aliphatic heterocycles. The van der Waals surface area contributed by atoms with Crippen molar-refractivity contribution in [2.24, 2.45) is 5.73 Å². The Morgan fingerprint density at radius 3 is 2.62 bits per heavy atom. The van der Waals surface area contributed by atoms with Gasteiger partial charge in [-0.3, -0.25) is 0 Å². The molecule has 0 bridgehead atoms. The van der Waals surface area contributed by atoms with Gasteiger partial charge in [0.05, 0.1) is 4.90 Å². The lowest BCUT2D eigenvalue weighted by Gasteiger charge is -2.21. The van der Waals surface area contributed by atoms with Crippen molar-refractivity contribution < 1.29 is 8.42 Å². The molecule has 0 atom stereocenters. The third-order valence-electron chi connectivity index (χ3n) is 3.77. The second-order valence-corrected chi connectivity index (χ2v) is 7.75. The lowest BCUT2D eigenvalue weighted by molar-refractivity contribution is 0.347. The van der Waals surface area contributed by atoms with E-state index in [9.17, 15) is 8.42 Å². The van der Waals surface area contributed by atoms with Gasteiger partial charge < -0.3 is 10.6 Å². The molecular formula is C14H21N3O2S2. The Kier molecular flexibility index (Phi) is 4.98. The number of aryl methyl sites for hydroxylation is 1. The number of hydrogen-bond acceptors (Lipinski definition) is 4. The van der Waals surface area contributed by atoms with E-state index in [1.807, 2.05) is 7.05 Å². The average Bonchev–Trinajstić information content (AvgIpc) is 2.64. The number of hydrogen-bond donors (Lipinski definition) is 1. The third kappa shape index (κ3) is 3.60. The minimum Gasteiger partial charge on any atom is -0.389 e. The number of nitrogens with two attached hydrogens (primary N) is 1. The van der Waals surface area contributed by atoms with Crippen LogP contribution in [-0.2, 0) is 10.0 Å². The minimum atomic E-state index is -3.50. The van der Waals surface area contributed by atoms with Crippen molar-refractivity contribution in [2.45, 2.75) is 18.2 Å². The van der Waals surface area contributed by atoms with Crippen LogP contribution < -0.4 is 5.73 Å². The van der Waals surface area contributed by atoms with Crippen LogP contribution in [0.15, 0.2) is 23.1 Å². The van der Waals surface area contributed by atoms with Crippen molar-refractivity contribution >= 4 is 27.2 Å². The van der Waals surface area contributed by atoms with Crippen molar-refractivity contribution in [2.75, 3.05) is 33.2 Å². The molecule has 0 saturated carbocycles. The topological polar surface area (TPSA) is 66.6 Å². The van der Waals surface area contributed by atoms with Crippen molar-refractivity contribution in [3.8, 4) is 0 Å². The van der Waals surface area contributed by atoms with Gasteiger partial charge in [0.2, 0.25) is 10.0 Å². The summed E-state index contributed by atoms with van der Waals surface area (Å²) in [5, 5.41) is 0. The second kappa shape index (κ2) is 6.39. The molecule has 21 heavy (non-hydrogen) atoms. The van der Waals surface area contributed by atoms with Crippen molar-refractivity contribution in [1.82, 2.24) is 9.21 Å². The van der Waals surface area contributed by atoms with Crippen LogP contribution in [0.25, 0.3) is 0 Å². The van der Waals surface area contributed by atoms with Gasteiger partial charge in [0, 0.05) is 25.2 Å². The second-order valence-electron chi connectivity index (χ2n) is 5.41. The van der Waals surface area contributed by atoms with Crippen LogP contribution in [0, 0.1) is 6.92 Å². The van der Waals surface area contributed by atoms with Gasteiger partial charge in [-0.1, -0.05) is 24.4 Å². The first kappa shape index (κ1) is 16.4. The van der Waals surface area contributed by atoms with E-state index in [2.05, 4.69) is 4.90 Å². The number of likely N-dealkylation sites (N-methyl/N-ethyl adjacent to an activating group) is 1. The summed E-state index contributed by atoms with van der Waals surface area (Å²) in [4.78, 5) is 2.66. The number of nitrogens with zero attached hydrogens (tertiary/aromatic N) is 2. The Morgan fingerprint density at radius 1 is 1.24 bits per heavy atom. The summed E-state index contributed by atoms with van der Waals surface area (Å²) in [6.07, 6.45) is 0.837. The summed E-state index contributed by atoms with van der Waals surface area (Å²) in [6.45, 7) is 4.50. The van der Waals surface area contributed by atoms with E-state index in [1.54, 1.807) is 29.4 Å². The van der Waals surface area contributed by atoms with Gasteiger partial charge in [0.25, 0.3) is 0 Å². The zero-order valence-electron chi connectivity index (χ0n) is 12.4. The fourth-order valence-electron chi connectivity index (χ4n) is 2.43. The first-order valence-electron chi connectivity index (χ1n) is 6.91. The van der Waals surface area contributed by atoms with Crippen LogP contribution in [0.3, 0.4) is 0 Å². The zero-order valence-corrected chi connectivity index (χ0v) is 14.0. The lowest BCUT2D eigenvalue weighted by Crippen LogP contribution is -2.35. The van der Waals surface area contributed by atoms with Gasteiger partial charge in [-0.05, 0) is 38.6 Å². The molecule has 1 aromatic rings. The van der Waals surface area contributed by atoms with E-state index in [-0.39, 0.29) is 4.99 Å². The van der Waals surface area contributed by atoms with E-state index in [0.29, 0.717) is 29.1 Å². The summed E-state index contributed by atoms with van der Waals surface area (Å²) in [5.41, 5.74) is 6.91. The molecule has 1 aliphatic rings. The number of sulfonamides is 1. The van der Waals surface area contributed by atoms with Crippen LogP contribution in [0.5, 0.6) is 0 Å². The normalized spacial score (nSPS) is 18.4. The van der Waals surface area contributed by atoms with Crippen LogP contribution in [-0.4, -0.2) is 55.8 Å². The van der Waals surface area contributed by atoms with E-state index < -0.39 is 10.0 Å². The number of thiocarbonyl (C=S) groups is 1. The molecule has 2 rings (SSSR count). The molecule has 0 unspecified atom stereocenters. The molecule has 0 aliphatic carbocycles. The Morgan fingerprint density at radius 2 is 1.95 bits per heavy atom. The van der Waals surface area contributed by atoms with Crippen molar-refractivity contribution in [3.63, 3.8) is 0 Å². The maximum atomic E-state index is 12.9. The minimum absolute atomic E-state index is 0.210. The summed E-state index contributed by atoms with van der Waals surface area (Å²) in [7, 11) is -1.50. The molecule has 0 aromatic heterocycles. The summed E-state index contributed by atoms with van der Waals surface area (Å²) >= 11 is 4.94. The Balaban J connectivity index is 2.39. The molecule has 1 aromatic carbocycles. The molecule has 0 amide bonds. The van der Waals surface area contributed by atoms with Crippen LogP contribution in [0.4, 0.5) is 0 Å². The average molecular weight is 327 g/mol. The number of benzene rings is 1. The summed E-state index contributed by atoms with van der Waals surface area (Å²) < 4.78 is 27.3. The Bertz CT molecular complexity index is 644. The maximum absolute atomic E-state index is 12.9. The fraction of sp³-hybridized carbons (Fsp3) is 0.500. The van der Waals surface area contributed by atoms with Gasteiger partial charge in [0.1, 0.15) is 4.99 Å². The molecule has 0 spiro atoms. The Hall–Kier alpha value is -1.02. The fourth-order valence-corrected chi connectivity index (χ4v) is 4.28. The molecule has 2 N–H and O–H groups in total. The molecule has 7 heteroatoms. The smallest absolute Gasteiger partial charge is 0.243 e. The molecule has 5 nitrogen and oxygen atoms in total. The van der Waals surface area contributed by atoms with Gasteiger partial charge >= 0.3 is 0 Å². The summed E-state index contributed by atoms with van der Waals surface area (Å²) in [5.74, 6) is 0. The monoisotopic (exact) mass is 327 g/mol. The predicted octanol–water partition coefficient (Wildman–Crippen LogP) is 0.955. The highest BCUT2D eigenvalue weighted by Gasteiger charge is 2.27. The highest BCUT2D eigenvalue weighted by atomic mass is 32.2. The van der Waals surface area contributed by atoms with Crippen LogP contribution in [0.2, 0.25) is 0 Å². The lowest BCUT2D eigenvalue weighted by atomic mass is 10.1. The highest BCUT2D eigenvalue weighted by molar-refractivity contribution is 7.89. The summed E-state index contributed by atoms with van der Waals surface area (Å²) in [6, 6.07) is 5.10. The van der Waals surface area contributed by atoms with E-state index in [0.717, 1.165) is 19.5 Å². The first-order chi connectivity index (χ1) is 9.82. The van der Waals surface area contributed by atoms with Crippen LogP contribution >= 0.6 is 12.2 Å². The molecule has 0 radical (unpaired) electrons. The molecule has 116 valence electrons. The number of rotatable bonds is 3. The van der Waals surface area contributed by atoms with Crippen molar-refractivity contribution in [3.05, 3.63) is 29.3 Å². The van der Waals surface area contributed by atoms with Crippen LogP contribution in [0.1, 0.15) is 17.5 Å². The van der Waals surface area contributed by atoms with E-state index in [1.165, 1.54) is 0 Å². The van der Waals surface area contributed by atoms with E-state index in [4.69, 9.17) is 18.0 Å². The zero-order chi connectivity index (χ0) is 15.6. The SMILES string of the molecule is Cc1ccc(C(N)=S)cc1S(=O)(=O)N1CCCN(C)CC1. The molecule has 1 saturated heterocycles. The molecule has 1 heterocycles. The van der Waals surface area contributed by atoms with E-state index >= 15 is 0 Å². The van der Waals surface area contributed by atoms with Gasteiger partial charge in [-0.2, -0.15) is 4.31 Å². The van der Waals surface area contributed by atoms with Gasteiger partial charge in [-0.15, -0.1) is 0 Å². The first-order valence-corrected chi connectivity index (χ1v) is 8.76. The van der Waals surface area contributed by atoms with Crippen molar-refractivity contribution in [1.29, 1.82) is 0 Å². The molecular weight excluding hydrogens is 306 g/mol. The van der Waals surface area contributed by atoms with Gasteiger partial charge in [-0.25, -0.2) is 8.42 Å².